The molecule has 0 aliphatic rings. The number of amides is 2. The topological polar surface area (TPSA) is 84.2 Å². The minimum absolute atomic E-state index is 0. The normalized spacial score (nSPS) is 12.9. The summed E-state index contributed by atoms with van der Waals surface area (Å²) in [6, 6.07) is 12.2. The van der Waals surface area contributed by atoms with Gasteiger partial charge in [-0.3, -0.25) is 9.59 Å². The molecule has 2 atom stereocenters. The van der Waals surface area contributed by atoms with Crippen LogP contribution in [0.4, 0.5) is 5.69 Å². The van der Waals surface area contributed by atoms with Gasteiger partial charge in [-0.15, -0.1) is 12.4 Å². The Labute approximate surface area is 135 Å². The van der Waals surface area contributed by atoms with E-state index in [2.05, 4.69) is 10.6 Å². The van der Waals surface area contributed by atoms with E-state index in [1.165, 1.54) is 0 Å². The van der Waals surface area contributed by atoms with Crippen molar-refractivity contribution in [1.29, 1.82) is 0 Å². The van der Waals surface area contributed by atoms with Gasteiger partial charge < -0.3 is 16.4 Å². The molecule has 0 radical (unpaired) electrons. The van der Waals surface area contributed by atoms with E-state index < -0.39 is 12.1 Å². The third-order valence-electron chi connectivity index (χ3n) is 3.21. The molecule has 6 heteroatoms. The average molecular weight is 322 g/mol. The number of hydrogen-bond acceptors (Lipinski definition) is 3. The van der Waals surface area contributed by atoms with Gasteiger partial charge in [-0.1, -0.05) is 36.4 Å². The number of rotatable bonds is 4. The summed E-state index contributed by atoms with van der Waals surface area (Å²) in [5.41, 5.74) is 6.19. The second kappa shape index (κ2) is 7.77. The fourth-order valence-corrected chi connectivity index (χ4v) is 1.99. The monoisotopic (exact) mass is 321 g/mol. The molecular formula is C16H20ClN3O2. The minimum Gasteiger partial charge on any atom is -0.343 e. The Morgan fingerprint density at radius 2 is 1.64 bits per heavy atom. The Bertz CT molecular complexity index is 668. The van der Waals surface area contributed by atoms with Gasteiger partial charge in [0.2, 0.25) is 11.8 Å². The van der Waals surface area contributed by atoms with Crippen molar-refractivity contribution >= 4 is 40.7 Å². The molecule has 2 aromatic carbocycles. The van der Waals surface area contributed by atoms with E-state index in [9.17, 15) is 9.59 Å². The Morgan fingerprint density at radius 3 is 2.32 bits per heavy atom. The molecule has 0 unspecified atom stereocenters. The molecule has 0 bridgehead atoms. The zero-order valence-corrected chi connectivity index (χ0v) is 13.3. The molecular weight excluding hydrogens is 302 g/mol. The van der Waals surface area contributed by atoms with Crippen LogP contribution in [-0.2, 0) is 9.59 Å². The number of carbonyl (C=O) groups is 2. The SMILES string of the molecule is C[C@H](N)C(=O)N[C@@H](C)C(=O)Nc1cccc2ccccc12.Cl. The van der Waals surface area contributed by atoms with Gasteiger partial charge in [0.15, 0.2) is 0 Å². The average Bonchev–Trinajstić information content (AvgIpc) is 2.47. The molecule has 0 heterocycles. The quantitative estimate of drug-likeness (QED) is 0.805. The van der Waals surface area contributed by atoms with Gasteiger partial charge in [0, 0.05) is 11.1 Å². The maximum absolute atomic E-state index is 12.1. The van der Waals surface area contributed by atoms with E-state index >= 15 is 0 Å². The molecule has 0 fully saturated rings. The number of hydrogen-bond donors (Lipinski definition) is 3. The molecule has 0 saturated carbocycles. The van der Waals surface area contributed by atoms with E-state index in [-0.39, 0.29) is 24.2 Å². The maximum atomic E-state index is 12.1. The van der Waals surface area contributed by atoms with Crippen molar-refractivity contribution in [3.8, 4) is 0 Å². The van der Waals surface area contributed by atoms with Crippen LogP contribution in [0.1, 0.15) is 13.8 Å². The van der Waals surface area contributed by atoms with Crippen LogP contribution in [0.5, 0.6) is 0 Å². The first-order valence-electron chi connectivity index (χ1n) is 6.83. The Balaban J connectivity index is 0.00000242. The maximum Gasteiger partial charge on any atom is 0.246 e. The summed E-state index contributed by atoms with van der Waals surface area (Å²) in [5.74, 6) is -0.629. The zero-order valence-electron chi connectivity index (χ0n) is 12.5. The third-order valence-corrected chi connectivity index (χ3v) is 3.21. The molecule has 5 nitrogen and oxygen atoms in total. The second-order valence-electron chi connectivity index (χ2n) is 5.03. The number of fused-ring (bicyclic) bond motifs is 1. The summed E-state index contributed by atoms with van der Waals surface area (Å²) < 4.78 is 0. The molecule has 118 valence electrons. The molecule has 4 N–H and O–H groups in total. The second-order valence-corrected chi connectivity index (χ2v) is 5.03. The van der Waals surface area contributed by atoms with Crippen LogP contribution in [0.25, 0.3) is 10.8 Å². The minimum atomic E-state index is -0.650. The lowest BCUT2D eigenvalue weighted by atomic mass is 10.1. The summed E-state index contributed by atoms with van der Waals surface area (Å²) in [6.07, 6.45) is 0. The summed E-state index contributed by atoms with van der Waals surface area (Å²) in [4.78, 5) is 23.7. The first-order chi connectivity index (χ1) is 9.99. The van der Waals surface area contributed by atoms with E-state index in [0.29, 0.717) is 0 Å². The van der Waals surface area contributed by atoms with Crippen molar-refractivity contribution in [3.63, 3.8) is 0 Å². The van der Waals surface area contributed by atoms with Gasteiger partial charge in [-0.2, -0.15) is 0 Å². The zero-order chi connectivity index (χ0) is 15.4. The highest BCUT2D eigenvalue weighted by molar-refractivity contribution is 6.04. The lowest BCUT2D eigenvalue weighted by Crippen LogP contribution is -2.47. The molecule has 2 rings (SSSR count). The van der Waals surface area contributed by atoms with Gasteiger partial charge in [0.25, 0.3) is 0 Å². The standard InChI is InChI=1S/C16H19N3O2.ClH/c1-10(17)15(20)18-11(2)16(21)19-14-9-5-7-12-6-3-4-8-13(12)14;/h3-11H,17H2,1-2H3,(H,18,20)(H,19,21);1H/t10-,11-;/m0./s1. The predicted molar refractivity (Wildman–Crippen MR) is 91.1 cm³/mol. The van der Waals surface area contributed by atoms with Gasteiger partial charge in [0.1, 0.15) is 6.04 Å². The molecule has 0 aromatic heterocycles. The number of nitrogens with two attached hydrogens (primary N) is 1. The number of nitrogens with one attached hydrogen (secondary N) is 2. The summed E-state index contributed by atoms with van der Waals surface area (Å²) in [7, 11) is 0. The van der Waals surface area contributed by atoms with Crippen LogP contribution in [-0.4, -0.2) is 23.9 Å². The third kappa shape index (κ3) is 4.19. The van der Waals surface area contributed by atoms with Crippen LogP contribution in [0.3, 0.4) is 0 Å². The molecule has 2 aromatic rings. The van der Waals surface area contributed by atoms with Crippen LogP contribution >= 0.6 is 12.4 Å². The lowest BCUT2D eigenvalue weighted by molar-refractivity contribution is -0.126. The largest absolute Gasteiger partial charge is 0.343 e. The van der Waals surface area contributed by atoms with E-state index in [1.54, 1.807) is 13.8 Å². The fourth-order valence-electron chi connectivity index (χ4n) is 1.99. The van der Waals surface area contributed by atoms with Crippen LogP contribution in [0.2, 0.25) is 0 Å². The van der Waals surface area contributed by atoms with E-state index in [4.69, 9.17) is 5.73 Å². The van der Waals surface area contributed by atoms with Crippen LogP contribution in [0.15, 0.2) is 42.5 Å². The van der Waals surface area contributed by atoms with Crippen LogP contribution < -0.4 is 16.4 Å². The summed E-state index contributed by atoms with van der Waals surface area (Å²) in [6.45, 7) is 3.20. The van der Waals surface area contributed by atoms with Crippen molar-refractivity contribution < 1.29 is 9.59 Å². The van der Waals surface area contributed by atoms with Crippen molar-refractivity contribution in [2.75, 3.05) is 5.32 Å². The van der Waals surface area contributed by atoms with Crippen LogP contribution in [0, 0.1) is 0 Å². The number of anilines is 1. The molecule has 22 heavy (non-hydrogen) atoms. The number of halogens is 1. The van der Waals surface area contributed by atoms with Gasteiger partial charge in [-0.05, 0) is 25.3 Å². The number of benzene rings is 2. The summed E-state index contributed by atoms with van der Waals surface area (Å²) in [5, 5.41) is 7.41. The highest BCUT2D eigenvalue weighted by Crippen LogP contribution is 2.22. The van der Waals surface area contributed by atoms with Gasteiger partial charge >= 0.3 is 0 Å². The van der Waals surface area contributed by atoms with E-state index in [0.717, 1.165) is 16.5 Å². The van der Waals surface area contributed by atoms with Crippen molar-refractivity contribution in [2.45, 2.75) is 25.9 Å². The van der Waals surface area contributed by atoms with Gasteiger partial charge in [-0.25, -0.2) is 0 Å². The highest BCUT2D eigenvalue weighted by atomic mass is 35.5. The molecule has 0 saturated heterocycles. The lowest BCUT2D eigenvalue weighted by Gasteiger charge is -2.16. The molecule has 0 spiro atoms. The predicted octanol–water partition coefficient (Wildman–Crippen LogP) is 2.05. The first-order valence-corrected chi connectivity index (χ1v) is 6.83. The Hall–Kier alpha value is -2.11. The molecule has 0 aliphatic heterocycles. The Kier molecular flexibility index (Phi) is 6.34. The molecule has 2 amide bonds. The first kappa shape index (κ1) is 17.9. The summed E-state index contributed by atoms with van der Waals surface area (Å²) >= 11 is 0. The highest BCUT2D eigenvalue weighted by Gasteiger charge is 2.18. The van der Waals surface area contributed by atoms with Crippen molar-refractivity contribution in [2.24, 2.45) is 5.73 Å². The van der Waals surface area contributed by atoms with Crippen molar-refractivity contribution in [1.82, 2.24) is 5.32 Å². The number of carbonyl (C=O) groups excluding carboxylic acids is 2. The molecule has 0 aliphatic carbocycles. The Morgan fingerprint density at radius 1 is 1.00 bits per heavy atom. The van der Waals surface area contributed by atoms with Gasteiger partial charge in [0.05, 0.1) is 6.04 Å². The fraction of sp³-hybridized carbons (Fsp3) is 0.250. The smallest absolute Gasteiger partial charge is 0.246 e. The van der Waals surface area contributed by atoms with Crippen molar-refractivity contribution in [3.05, 3.63) is 42.5 Å². The van der Waals surface area contributed by atoms with E-state index in [1.807, 2.05) is 42.5 Å².